The van der Waals surface area contributed by atoms with Gasteiger partial charge in [-0.25, -0.2) is 5.43 Å². The normalized spacial score (nSPS) is 11.9. The topological polar surface area (TPSA) is 82.3 Å². The van der Waals surface area contributed by atoms with Gasteiger partial charge in [0, 0.05) is 6.07 Å². The third kappa shape index (κ3) is 2.98. The van der Waals surface area contributed by atoms with Crippen molar-refractivity contribution in [3.63, 3.8) is 0 Å². The lowest BCUT2D eigenvalue weighted by molar-refractivity contribution is 0.390. The molecule has 0 saturated heterocycles. The molecule has 0 aliphatic rings. The van der Waals surface area contributed by atoms with Crippen LogP contribution >= 0.6 is 0 Å². The van der Waals surface area contributed by atoms with Gasteiger partial charge in [0.25, 0.3) is 0 Å². The van der Waals surface area contributed by atoms with Crippen LogP contribution in [0, 0.1) is 0 Å². The molecule has 6 nitrogen and oxygen atoms in total. The van der Waals surface area contributed by atoms with Gasteiger partial charge >= 0.3 is 0 Å². The van der Waals surface area contributed by atoms with Gasteiger partial charge in [-0.15, -0.1) is 10.2 Å². The molecule has 0 spiro atoms. The zero-order valence-electron chi connectivity index (χ0n) is 10.8. The molecule has 1 atom stereocenters. The Kier molecular flexibility index (Phi) is 4.27. The molecular formula is C13H16N4O2. The number of hydrazine groups is 1. The summed E-state index contributed by atoms with van der Waals surface area (Å²) in [5.41, 5.74) is 4.38. The van der Waals surface area contributed by atoms with Crippen LogP contribution in [0.25, 0.3) is 0 Å². The predicted molar refractivity (Wildman–Crippen MR) is 70.7 cm³/mol. The molecule has 0 amide bonds. The first-order valence-corrected chi connectivity index (χ1v) is 5.76. The van der Waals surface area contributed by atoms with E-state index in [0.29, 0.717) is 11.6 Å². The van der Waals surface area contributed by atoms with E-state index < -0.39 is 0 Å². The number of nitrogens with one attached hydrogen (secondary N) is 1. The second-order valence-corrected chi connectivity index (χ2v) is 3.88. The van der Waals surface area contributed by atoms with E-state index >= 15 is 0 Å². The number of rotatable bonds is 5. The first-order chi connectivity index (χ1) is 9.28. The summed E-state index contributed by atoms with van der Waals surface area (Å²) >= 11 is 0. The predicted octanol–water partition coefficient (Wildman–Crippen LogP) is 1.05. The van der Waals surface area contributed by atoms with Crippen LogP contribution in [0.1, 0.15) is 17.3 Å². The molecule has 2 aromatic rings. The number of aromatic nitrogens is 2. The molecule has 0 aliphatic heterocycles. The molecule has 0 aliphatic carbocycles. The highest BCUT2D eigenvalue weighted by Gasteiger charge is 2.15. The van der Waals surface area contributed by atoms with Crippen molar-refractivity contribution in [2.75, 3.05) is 14.2 Å². The second-order valence-electron chi connectivity index (χ2n) is 3.88. The summed E-state index contributed by atoms with van der Waals surface area (Å²) in [5.74, 6) is 6.84. The van der Waals surface area contributed by atoms with Crippen molar-refractivity contribution in [2.45, 2.75) is 6.04 Å². The fraction of sp³-hybridized carbons (Fsp3) is 0.231. The van der Waals surface area contributed by atoms with E-state index in [4.69, 9.17) is 15.3 Å². The summed E-state index contributed by atoms with van der Waals surface area (Å²) in [6, 6.07) is 10.9. The molecule has 0 bridgehead atoms. The van der Waals surface area contributed by atoms with E-state index in [9.17, 15) is 0 Å². The molecule has 19 heavy (non-hydrogen) atoms. The van der Waals surface area contributed by atoms with Crippen molar-refractivity contribution >= 4 is 0 Å². The lowest BCUT2D eigenvalue weighted by Gasteiger charge is -2.16. The number of nitrogens with zero attached hydrogens (tertiary/aromatic N) is 2. The van der Waals surface area contributed by atoms with Gasteiger partial charge in [0.15, 0.2) is 0 Å². The Balaban J connectivity index is 2.31. The van der Waals surface area contributed by atoms with Crippen molar-refractivity contribution in [1.82, 2.24) is 15.6 Å². The van der Waals surface area contributed by atoms with Crippen LogP contribution < -0.4 is 20.7 Å². The van der Waals surface area contributed by atoms with E-state index in [1.54, 1.807) is 20.3 Å². The Morgan fingerprint density at radius 3 is 2.53 bits per heavy atom. The summed E-state index contributed by atoms with van der Waals surface area (Å²) in [7, 11) is 3.17. The monoisotopic (exact) mass is 260 g/mol. The fourth-order valence-electron chi connectivity index (χ4n) is 1.77. The van der Waals surface area contributed by atoms with Gasteiger partial charge in [-0.1, -0.05) is 12.1 Å². The van der Waals surface area contributed by atoms with Crippen LogP contribution in [0.15, 0.2) is 36.4 Å². The minimum Gasteiger partial charge on any atom is -0.497 e. The minimum absolute atomic E-state index is 0.256. The van der Waals surface area contributed by atoms with Gasteiger partial charge in [-0.2, -0.15) is 0 Å². The van der Waals surface area contributed by atoms with Crippen LogP contribution in [0.5, 0.6) is 11.6 Å². The Bertz CT molecular complexity index is 530. The molecule has 1 heterocycles. The maximum absolute atomic E-state index is 5.61. The zero-order valence-corrected chi connectivity index (χ0v) is 10.8. The van der Waals surface area contributed by atoms with E-state index in [1.807, 2.05) is 30.3 Å². The lowest BCUT2D eigenvalue weighted by Crippen LogP contribution is -2.29. The van der Waals surface area contributed by atoms with Gasteiger partial charge in [0.2, 0.25) is 5.88 Å². The summed E-state index contributed by atoms with van der Waals surface area (Å²) in [6.07, 6.45) is 0. The Morgan fingerprint density at radius 1 is 1.11 bits per heavy atom. The lowest BCUT2D eigenvalue weighted by atomic mass is 10.0. The van der Waals surface area contributed by atoms with Crippen LogP contribution in [-0.2, 0) is 0 Å². The van der Waals surface area contributed by atoms with Crippen molar-refractivity contribution in [2.24, 2.45) is 5.84 Å². The first-order valence-electron chi connectivity index (χ1n) is 5.76. The third-order valence-electron chi connectivity index (χ3n) is 2.76. The van der Waals surface area contributed by atoms with Crippen molar-refractivity contribution in [3.8, 4) is 11.6 Å². The Hall–Kier alpha value is -2.18. The number of methoxy groups -OCH3 is 2. The number of ether oxygens (including phenoxy) is 2. The highest BCUT2D eigenvalue weighted by atomic mass is 16.5. The average Bonchev–Trinajstić information content (AvgIpc) is 2.49. The van der Waals surface area contributed by atoms with E-state index in [2.05, 4.69) is 15.6 Å². The molecule has 0 fully saturated rings. The van der Waals surface area contributed by atoms with Crippen LogP contribution in [0.2, 0.25) is 0 Å². The summed E-state index contributed by atoms with van der Waals surface area (Å²) in [4.78, 5) is 0. The molecule has 1 aromatic carbocycles. The largest absolute Gasteiger partial charge is 0.497 e. The molecular weight excluding hydrogens is 244 g/mol. The second kappa shape index (κ2) is 6.12. The minimum atomic E-state index is -0.256. The van der Waals surface area contributed by atoms with Gasteiger partial charge < -0.3 is 9.47 Å². The maximum atomic E-state index is 5.61. The quantitative estimate of drug-likeness (QED) is 0.617. The van der Waals surface area contributed by atoms with Gasteiger partial charge in [-0.05, 0) is 23.8 Å². The summed E-state index contributed by atoms with van der Waals surface area (Å²) in [5, 5.41) is 8.03. The van der Waals surface area contributed by atoms with Crippen molar-refractivity contribution < 1.29 is 9.47 Å². The average molecular weight is 260 g/mol. The number of benzene rings is 1. The smallest absolute Gasteiger partial charge is 0.233 e. The third-order valence-corrected chi connectivity index (χ3v) is 2.76. The van der Waals surface area contributed by atoms with E-state index in [0.717, 1.165) is 11.3 Å². The van der Waals surface area contributed by atoms with Crippen LogP contribution in [0.3, 0.4) is 0 Å². The van der Waals surface area contributed by atoms with E-state index in [-0.39, 0.29) is 6.04 Å². The number of nitrogens with two attached hydrogens (primary N) is 1. The summed E-state index contributed by atoms with van der Waals surface area (Å²) in [6.45, 7) is 0. The van der Waals surface area contributed by atoms with Gasteiger partial charge in [0.05, 0.1) is 26.0 Å². The van der Waals surface area contributed by atoms with E-state index in [1.165, 1.54) is 0 Å². The number of hydrogen-bond acceptors (Lipinski definition) is 6. The molecule has 0 saturated carbocycles. The van der Waals surface area contributed by atoms with Crippen molar-refractivity contribution in [3.05, 3.63) is 47.7 Å². The standard InChI is InChI=1S/C13H16N4O2/c1-18-10-5-3-4-9(8-10)13(15-14)11-6-7-12(19-2)17-16-11/h3-8,13,15H,14H2,1-2H3. The zero-order chi connectivity index (χ0) is 13.7. The van der Waals surface area contributed by atoms with Gasteiger partial charge in [-0.3, -0.25) is 5.84 Å². The van der Waals surface area contributed by atoms with Gasteiger partial charge in [0.1, 0.15) is 5.75 Å². The Labute approximate surface area is 111 Å². The fourth-order valence-corrected chi connectivity index (χ4v) is 1.77. The SMILES string of the molecule is COc1cccc(C(NN)c2ccc(OC)nn2)c1. The molecule has 1 aromatic heterocycles. The molecule has 2 rings (SSSR count). The molecule has 100 valence electrons. The molecule has 0 radical (unpaired) electrons. The molecule has 1 unspecified atom stereocenters. The highest BCUT2D eigenvalue weighted by molar-refractivity contribution is 5.34. The first kappa shape index (κ1) is 13.3. The summed E-state index contributed by atoms with van der Waals surface area (Å²) < 4.78 is 10.2. The maximum Gasteiger partial charge on any atom is 0.233 e. The number of hydrogen-bond donors (Lipinski definition) is 2. The molecule has 3 N–H and O–H groups in total. The molecule has 6 heteroatoms. The van der Waals surface area contributed by atoms with Crippen LogP contribution in [0.4, 0.5) is 0 Å². The Morgan fingerprint density at radius 2 is 1.95 bits per heavy atom. The van der Waals surface area contributed by atoms with Crippen molar-refractivity contribution in [1.29, 1.82) is 0 Å². The van der Waals surface area contributed by atoms with Crippen LogP contribution in [-0.4, -0.2) is 24.4 Å². The highest BCUT2D eigenvalue weighted by Crippen LogP contribution is 2.23.